The van der Waals surface area contributed by atoms with Gasteiger partial charge in [-0.15, -0.1) is 11.6 Å². The average Bonchev–Trinajstić information content (AvgIpc) is 3.05. The van der Waals surface area contributed by atoms with Crippen LogP contribution >= 0.6 is 11.6 Å². The summed E-state index contributed by atoms with van der Waals surface area (Å²) in [6, 6.07) is 10.0. The minimum absolute atomic E-state index is 0.0958. The minimum Gasteiger partial charge on any atom is -0.295 e. The van der Waals surface area contributed by atoms with Gasteiger partial charge in [0.25, 0.3) is 0 Å². The molecule has 1 fully saturated rings. The van der Waals surface area contributed by atoms with Crippen molar-refractivity contribution < 1.29 is 4.79 Å². The molecular weight excluding hydrogens is 274 g/mol. The van der Waals surface area contributed by atoms with Gasteiger partial charge in [-0.1, -0.05) is 24.3 Å². The third-order valence-corrected chi connectivity index (χ3v) is 4.14. The molecule has 1 aromatic carbocycles. The lowest BCUT2D eigenvalue weighted by Crippen LogP contribution is -2.24. The van der Waals surface area contributed by atoms with E-state index >= 15 is 0 Å². The number of hydrogen-bond acceptors (Lipinski definition) is 2. The second-order valence-electron chi connectivity index (χ2n) is 5.18. The summed E-state index contributed by atoms with van der Waals surface area (Å²) in [7, 11) is 0. The first kappa shape index (κ1) is 13.2. The van der Waals surface area contributed by atoms with Gasteiger partial charge in [0, 0.05) is 30.5 Å². The normalized spacial score (nSPS) is 18.8. The van der Waals surface area contributed by atoms with Gasteiger partial charge in [0.2, 0.25) is 5.91 Å². The van der Waals surface area contributed by atoms with Crippen molar-refractivity contribution in [2.45, 2.75) is 13.3 Å². The summed E-state index contributed by atoms with van der Waals surface area (Å²) < 4.78 is 0. The molecule has 0 bridgehead atoms. The molecule has 20 heavy (non-hydrogen) atoms. The highest BCUT2D eigenvalue weighted by molar-refractivity contribution is 6.18. The predicted octanol–water partition coefficient (Wildman–Crippen LogP) is 2.98. The van der Waals surface area contributed by atoms with E-state index in [1.807, 2.05) is 24.3 Å². The summed E-state index contributed by atoms with van der Waals surface area (Å²) in [5.74, 6) is 1.51. The maximum absolute atomic E-state index is 12.0. The Balaban J connectivity index is 1.88. The standard InChI is InChI=1S/C15H16ClN3O/c1-10-4-2-3-5-12(10)13-7-14(18-17-13)19-9-11(8-16)6-15(19)20/h2-5,7,11H,6,8-9H2,1H3,(H,17,18). The van der Waals surface area contributed by atoms with Crippen molar-refractivity contribution in [3.8, 4) is 11.3 Å². The van der Waals surface area contributed by atoms with Crippen LogP contribution in [0.5, 0.6) is 0 Å². The van der Waals surface area contributed by atoms with Crippen molar-refractivity contribution in [2.75, 3.05) is 17.3 Å². The van der Waals surface area contributed by atoms with Gasteiger partial charge < -0.3 is 0 Å². The van der Waals surface area contributed by atoms with E-state index < -0.39 is 0 Å². The highest BCUT2D eigenvalue weighted by Crippen LogP contribution is 2.28. The van der Waals surface area contributed by atoms with Crippen molar-refractivity contribution in [3.63, 3.8) is 0 Å². The second-order valence-corrected chi connectivity index (χ2v) is 5.49. The minimum atomic E-state index is 0.0958. The molecule has 3 rings (SSSR count). The molecule has 1 aliphatic rings. The summed E-state index contributed by atoms with van der Waals surface area (Å²) in [5.41, 5.74) is 3.21. The number of H-pyrrole nitrogens is 1. The van der Waals surface area contributed by atoms with Gasteiger partial charge >= 0.3 is 0 Å². The first-order chi connectivity index (χ1) is 9.69. The fourth-order valence-electron chi connectivity index (χ4n) is 2.57. The van der Waals surface area contributed by atoms with Crippen LogP contribution in [0.4, 0.5) is 5.82 Å². The Morgan fingerprint density at radius 1 is 1.45 bits per heavy atom. The number of alkyl halides is 1. The summed E-state index contributed by atoms with van der Waals surface area (Å²) in [6.07, 6.45) is 0.510. The number of aryl methyl sites for hydroxylation is 1. The van der Waals surface area contributed by atoms with Crippen LogP contribution in [0.25, 0.3) is 11.3 Å². The molecule has 0 spiro atoms. The Bertz CT molecular complexity index is 638. The molecule has 4 nitrogen and oxygen atoms in total. The van der Waals surface area contributed by atoms with E-state index in [0.29, 0.717) is 24.7 Å². The Hall–Kier alpha value is -1.81. The molecule has 1 aliphatic heterocycles. The molecule has 0 radical (unpaired) electrons. The number of aromatic amines is 1. The molecule has 1 unspecified atom stereocenters. The SMILES string of the molecule is Cc1ccccc1-c1cc(N2CC(CCl)CC2=O)n[nH]1. The number of nitrogens with zero attached hydrogens (tertiary/aromatic N) is 2. The van der Waals surface area contributed by atoms with E-state index in [4.69, 9.17) is 11.6 Å². The van der Waals surface area contributed by atoms with Crippen molar-refractivity contribution in [3.05, 3.63) is 35.9 Å². The fourth-order valence-corrected chi connectivity index (χ4v) is 2.78. The topological polar surface area (TPSA) is 49.0 Å². The lowest BCUT2D eigenvalue weighted by Gasteiger charge is -2.11. The van der Waals surface area contributed by atoms with Gasteiger partial charge in [-0.05, 0) is 18.4 Å². The largest absolute Gasteiger partial charge is 0.295 e. The van der Waals surface area contributed by atoms with Crippen molar-refractivity contribution in [2.24, 2.45) is 5.92 Å². The number of hydrogen-bond donors (Lipinski definition) is 1. The molecule has 1 atom stereocenters. The summed E-state index contributed by atoms with van der Waals surface area (Å²) in [4.78, 5) is 13.7. The number of carbonyl (C=O) groups is 1. The summed E-state index contributed by atoms with van der Waals surface area (Å²) in [6.45, 7) is 2.71. The molecule has 1 saturated heterocycles. The molecule has 1 amide bonds. The number of benzene rings is 1. The molecule has 2 aromatic rings. The van der Waals surface area contributed by atoms with Gasteiger partial charge in [0.15, 0.2) is 5.82 Å². The second kappa shape index (κ2) is 5.29. The predicted molar refractivity (Wildman–Crippen MR) is 79.9 cm³/mol. The molecule has 0 aliphatic carbocycles. The zero-order valence-electron chi connectivity index (χ0n) is 11.3. The van der Waals surface area contributed by atoms with E-state index in [1.165, 1.54) is 5.56 Å². The lowest BCUT2D eigenvalue weighted by atomic mass is 10.1. The van der Waals surface area contributed by atoms with Crippen molar-refractivity contribution in [1.29, 1.82) is 0 Å². The summed E-state index contributed by atoms with van der Waals surface area (Å²) in [5, 5.41) is 7.29. The third-order valence-electron chi connectivity index (χ3n) is 3.70. The molecular formula is C15H16ClN3O. The van der Waals surface area contributed by atoms with E-state index in [-0.39, 0.29) is 11.8 Å². The molecule has 0 saturated carbocycles. The van der Waals surface area contributed by atoms with Gasteiger partial charge in [-0.3, -0.25) is 14.8 Å². The van der Waals surface area contributed by atoms with Crippen LogP contribution < -0.4 is 4.90 Å². The quantitative estimate of drug-likeness (QED) is 0.883. The summed E-state index contributed by atoms with van der Waals surface area (Å²) >= 11 is 5.84. The van der Waals surface area contributed by atoms with Crippen LogP contribution in [-0.4, -0.2) is 28.5 Å². The van der Waals surface area contributed by atoms with Gasteiger partial charge in [0.05, 0.1) is 5.69 Å². The Morgan fingerprint density at radius 3 is 2.95 bits per heavy atom. The molecule has 2 heterocycles. The fraction of sp³-hybridized carbons (Fsp3) is 0.333. The van der Waals surface area contributed by atoms with E-state index in [0.717, 1.165) is 11.3 Å². The Kier molecular flexibility index (Phi) is 3.49. The highest BCUT2D eigenvalue weighted by atomic mass is 35.5. The smallest absolute Gasteiger partial charge is 0.228 e. The van der Waals surface area contributed by atoms with Crippen molar-refractivity contribution in [1.82, 2.24) is 10.2 Å². The van der Waals surface area contributed by atoms with E-state index in [2.05, 4.69) is 23.2 Å². The van der Waals surface area contributed by atoms with Crippen LogP contribution in [-0.2, 0) is 4.79 Å². The van der Waals surface area contributed by atoms with Crippen LogP contribution in [0.3, 0.4) is 0 Å². The average molecular weight is 290 g/mol. The van der Waals surface area contributed by atoms with Crippen LogP contribution in [0.2, 0.25) is 0 Å². The van der Waals surface area contributed by atoms with Crippen molar-refractivity contribution >= 4 is 23.3 Å². The number of carbonyl (C=O) groups excluding carboxylic acids is 1. The first-order valence-electron chi connectivity index (χ1n) is 6.67. The zero-order chi connectivity index (χ0) is 14.1. The highest BCUT2D eigenvalue weighted by Gasteiger charge is 2.31. The number of halogens is 1. The van der Waals surface area contributed by atoms with E-state index in [1.54, 1.807) is 4.90 Å². The monoisotopic (exact) mass is 289 g/mol. The molecule has 5 heteroatoms. The number of rotatable bonds is 3. The van der Waals surface area contributed by atoms with Crippen LogP contribution in [0, 0.1) is 12.8 Å². The van der Waals surface area contributed by atoms with Gasteiger partial charge in [-0.25, -0.2) is 0 Å². The Morgan fingerprint density at radius 2 is 2.25 bits per heavy atom. The maximum Gasteiger partial charge on any atom is 0.228 e. The number of aromatic nitrogens is 2. The molecule has 1 N–H and O–H groups in total. The first-order valence-corrected chi connectivity index (χ1v) is 7.20. The lowest BCUT2D eigenvalue weighted by molar-refractivity contribution is -0.117. The van der Waals surface area contributed by atoms with Crippen LogP contribution in [0.1, 0.15) is 12.0 Å². The van der Waals surface area contributed by atoms with Crippen LogP contribution in [0.15, 0.2) is 30.3 Å². The Labute approximate surface area is 122 Å². The number of anilines is 1. The number of amides is 1. The number of nitrogens with one attached hydrogen (secondary N) is 1. The van der Waals surface area contributed by atoms with E-state index in [9.17, 15) is 4.79 Å². The molecule has 104 valence electrons. The third kappa shape index (κ3) is 2.31. The zero-order valence-corrected chi connectivity index (χ0v) is 12.0. The molecule has 1 aromatic heterocycles. The van der Waals surface area contributed by atoms with Gasteiger partial charge in [-0.2, -0.15) is 5.10 Å². The maximum atomic E-state index is 12.0. The van der Waals surface area contributed by atoms with Gasteiger partial charge in [0.1, 0.15) is 0 Å².